The van der Waals surface area contributed by atoms with Gasteiger partial charge in [-0.3, -0.25) is 0 Å². The number of rotatable bonds is 9. The SMILES string of the molecule is CCOC(=O)c1sc(N)c(C(=O)OCC)c1CSc1nnc(NC(C)C)s1. The van der Waals surface area contributed by atoms with Gasteiger partial charge in [-0.05, 0) is 27.7 Å². The quantitative estimate of drug-likeness (QED) is 0.454. The van der Waals surface area contributed by atoms with Crippen LogP contribution in [0.2, 0.25) is 0 Å². The number of hydrogen-bond donors (Lipinski definition) is 2. The molecule has 2 heterocycles. The Balaban J connectivity index is 2.27. The zero-order valence-corrected chi connectivity index (χ0v) is 18.0. The summed E-state index contributed by atoms with van der Waals surface area (Å²) in [5.41, 5.74) is 6.73. The number of aromatic nitrogens is 2. The second kappa shape index (κ2) is 9.90. The Kier molecular flexibility index (Phi) is 7.87. The highest BCUT2D eigenvalue weighted by Crippen LogP contribution is 2.37. The average Bonchev–Trinajstić information content (AvgIpc) is 3.16. The molecule has 0 bridgehead atoms. The first-order valence-corrected chi connectivity index (χ1v) is 11.0. The summed E-state index contributed by atoms with van der Waals surface area (Å²) in [6.45, 7) is 7.92. The standard InChI is InChI=1S/C16H22N4O4S3/c1-5-23-13(21)10-9(11(26-12(10)17)14(22)24-6-2)7-25-16-20-19-15(27-16)18-8(3)4/h8H,5-7,17H2,1-4H3,(H,18,19). The van der Waals surface area contributed by atoms with E-state index in [9.17, 15) is 9.59 Å². The summed E-state index contributed by atoms with van der Waals surface area (Å²) in [5, 5.41) is 12.3. The number of nitrogens with zero attached hydrogens (tertiary/aromatic N) is 2. The van der Waals surface area contributed by atoms with Crippen LogP contribution in [0.15, 0.2) is 4.34 Å². The summed E-state index contributed by atoms with van der Waals surface area (Å²) >= 11 is 3.82. The van der Waals surface area contributed by atoms with E-state index in [2.05, 4.69) is 15.5 Å². The van der Waals surface area contributed by atoms with Gasteiger partial charge < -0.3 is 20.5 Å². The number of esters is 2. The minimum Gasteiger partial charge on any atom is -0.462 e. The number of carbonyl (C=O) groups is 2. The summed E-state index contributed by atoms with van der Waals surface area (Å²) in [6, 6.07) is 0.248. The Bertz CT molecular complexity index is 804. The lowest BCUT2D eigenvalue weighted by Gasteiger charge is -2.06. The van der Waals surface area contributed by atoms with Gasteiger partial charge in [0, 0.05) is 17.4 Å². The number of thioether (sulfide) groups is 1. The third-order valence-corrected chi connectivity index (χ3v) is 6.19. The number of thiophene rings is 1. The van der Waals surface area contributed by atoms with Crippen molar-refractivity contribution in [3.63, 3.8) is 0 Å². The highest BCUT2D eigenvalue weighted by atomic mass is 32.2. The summed E-state index contributed by atoms with van der Waals surface area (Å²) < 4.78 is 10.9. The van der Waals surface area contributed by atoms with E-state index < -0.39 is 11.9 Å². The third kappa shape index (κ3) is 5.56. The van der Waals surface area contributed by atoms with Crippen molar-refractivity contribution in [2.24, 2.45) is 0 Å². The van der Waals surface area contributed by atoms with Gasteiger partial charge in [0.1, 0.15) is 9.88 Å². The molecule has 0 aliphatic rings. The maximum atomic E-state index is 12.3. The largest absolute Gasteiger partial charge is 0.462 e. The summed E-state index contributed by atoms with van der Waals surface area (Å²) in [5.74, 6) is -0.719. The molecule has 2 aromatic heterocycles. The second-order valence-corrected chi connectivity index (χ2v) is 8.80. The fraction of sp³-hybridized carbons (Fsp3) is 0.500. The molecule has 0 aromatic carbocycles. The average molecular weight is 431 g/mol. The molecule has 0 aliphatic heterocycles. The van der Waals surface area contributed by atoms with E-state index in [-0.39, 0.29) is 29.8 Å². The maximum Gasteiger partial charge on any atom is 0.348 e. The van der Waals surface area contributed by atoms with Crippen LogP contribution >= 0.6 is 34.4 Å². The van der Waals surface area contributed by atoms with E-state index in [1.807, 2.05) is 13.8 Å². The molecule has 2 aromatic rings. The van der Waals surface area contributed by atoms with Gasteiger partial charge in [-0.2, -0.15) is 0 Å². The second-order valence-electron chi connectivity index (χ2n) is 5.55. The molecule has 0 amide bonds. The molecule has 0 radical (unpaired) electrons. The van der Waals surface area contributed by atoms with E-state index >= 15 is 0 Å². The molecule has 0 aliphatic carbocycles. The van der Waals surface area contributed by atoms with Crippen molar-refractivity contribution in [3.8, 4) is 0 Å². The fourth-order valence-electron chi connectivity index (χ4n) is 2.12. The highest BCUT2D eigenvalue weighted by molar-refractivity contribution is 8.00. The maximum absolute atomic E-state index is 12.3. The minimum atomic E-state index is -0.545. The van der Waals surface area contributed by atoms with Gasteiger partial charge in [-0.1, -0.05) is 23.1 Å². The molecule has 0 saturated carbocycles. The van der Waals surface area contributed by atoms with Gasteiger partial charge >= 0.3 is 11.9 Å². The monoisotopic (exact) mass is 430 g/mol. The van der Waals surface area contributed by atoms with E-state index in [4.69, 9.17) is 15.2 Å². The zero-order chi connectivity index (χ0) is 20.0. The zero-order valence-electron chi connectivity index (χ0n) is 15.5. The lowest BCUT2D eigenvalue weighted by atomic mass is 10.1. The Morgan fingerprint density at radius 1 is 1.15 bits per heavy atom. The van der Waals surface area contributed by atoms with E-state index in [1.165, 1.54) is 23.1 Å². The molecule has 11 heteroatoms. The van der Waals surface area contributed by atoms with E-state index in [0.717, 1.165) is 11.3 Å². The Morgan fingerprint density at radius 2 is 1.81 bits per heavy atom. The van der Waals surface area contributed by atoms with Crippen molar-refractivity contribution in [1.29, 1.82) is 0 Å². The molecule has 2 rings (SSSR count). The molecule has 27 heavy (non-hydrogen) atoms. The normalized spacial score (nSPS) is 10.9. The lowest BCUT2D eigenvalue weighted by molar-refractivity contribution is 0.0527. The number of nitrogen functional groups attached to an aromatic ring is 1. The molecular weight excluding hydrogens is 408 g/mol. The number of nitrogens with two attached hydrogens (primary N) is 1. The van der Waals surface area contributed by atoms with Crippen LogP contribution in [0.5, 0.6) is 0 Å². The van der Waals surface area contributed by atoms with Crippen molar-refractivity contribution in [2.75, 3.05) is 24.3 Å². The van der Waals surface area contributed by atoms with Gasteiger partial charge in [0.2, 0.25) is 5.13 Å². The summed E-state index contributed by atoms with van der Waals surface area (Å²) in [7, 11) is 0. The van der Waals surface area contributed by atoms with Crippen LogP contribution in [0.3, 0.4) is 0 Å². The van der Waals surface area contributed by atoms with Gasteiger partial charge in [-0.25, -0.2) is 9.59 Å². The van der Waals surface area contributed by atoms with Crippen LogP contribution in [0.1, 0.15) is 53.3 Å². The van der Waals surface area contributed by atoms with Crippen LogP contribution in [0.25, 0.3) is 0 Å². The van der Waals surface area contributed by atoms with Gasteiger partial charge in [0.15, 0.2) is 4.34 Å². The van der Waals surface area contributed by atoms with Gasteiger partial charge in [0.05, 0.1) is 18.8 Å². The van der Waals surface area contributed by atoms with Crippen LogP contribution in [-0.4, -0.2) is 41.4 Å². The molecule has 0 unspecified atom stereocenters. The number of anilines is 2. The predicted molar refractivity (Wildman–Crippen MR) is 109 cm³/mol. The minimum absolute atomic E-state index is 0.218. The van der Waals surface area contributed by atoms with Crippen molar-refractivity contribution < 1.29 is 19.1 Å². The predicted octanol–water partition coefficient (Wildman–Crippen LogP) is 3.65. The number of carbonyl (C=O) groups excluding carboxylic acids is 2. The molecule has 0 spiro atoms. The van der Waals surface area contributed by atoms with Gasteiger partial charge in [-0.15, -0.1) is 21.5 Å². The Hall–Kier alpha value is -1.85. The van der Waals surface area contributed by atoms with Crippen molar-refractivity contribution in [3.05, 3.63) is 16.0 Å². The highest BCUT2D eigenvalue weighted by Gasteiger charge is 2.28. The van der Waals surface area contributed by atoms with Crippen LogP contribution < -0.4 is 11.1 Å². The molecule has 0 atom stereocenters. The van der Waals surface area contributed by atoms with Crippen molar-refractivity contribution >= 4 is 56.5 Å². The molecule has 3 N–H and O–H groups in total. The smallest absolute Gasteiger partial charge is 0.348 e. The van der Waals surface area contributed by atoms with Crippen LogP contribution in [0, 0.1) is 0 Å². The molecule has 148 valence electrons. The molecule has 0 saturated heterocycles. The van der Waals surface area contributed by atoms with E-state index in [0.29, 0.717) is 25.7 Å². The topological polar surface area (TPSA) is 116 Å². The number of hydrogen-bond acceptors (Lipinski definition) is 11. The van der Waals surface area contributed by atoms with Crippen LogP contribution in [-0.2, 0) is 15.2 Å². The molecule has 8 nitrogen and oxygen atoms in total. The Labute approximate surface area is 169 Å². The first kappa shape index (κ1) is 21.5. The first-order valence-electron chi connectivity index (χ1n) is 8.35. The molecule has 0 fully saturated rings. The molecular formula is C16H22N4O4S3. The lowest BCUT2D eigenvalue weighted by Crippen LogP contribution is -2.10. The number of ether oxygens (including phenoxy) is 2. The van der Waals surface area contributed by atoms with Gasteiger partial charge in [0.25, 0.3) is 0 Å². The first-order chi connectivity index (χ1) is 12.9. The summed E-state index contributed by atoms with van der Waals surface area (Å²) in [4.78, 5) is 24.9. The van der Waals surface area contributed by atoms with Crippen molar-refractivity contribution in [1.82, 2.24) is 10.2 Å². The van der Waals surface area contributed by atoms with E-state index in [1.54, 1.807) is 13.8 Å². The van der Waals surface area contributed by atoms with Crippen LogP contribution in [0.4, 0.5) is 10.1 Å². The summed E-state index contributed by atoms with van der Waals surface area (Å²) in [6.07, 6.45) is 0. The fourth-order valence-corrected chi connectivity index (χ4v) is 5.11. The number of nitrogens with one attached hydrogen (secondary N) is 1. The van der Waals surface area contributed by atoms with Crippen molar-refractivity contribution in [2.45, 2.75) is 43.8 Å². The third-order valence-electron chi connectivity index (χ3n) is 3.13. The Morgan fingerprint density at radius 3 is 2.44 bits per heavy atom.